The Bertz CT molecular complexity index is 1170. The van der Waals surface area contributed by atoms with Crippen LogP contribution in [0.3, 0.4) is 0 Å². The van der Waals surface area contributed by atoms with Gasteiger partial charge in [0.15, 0.2) is 11.6 Å². The monoisotopic (exact) mass is 421 g/mol. The molecule has 2 aromatic heterocycles. The highest BCUT2D eigenvalue weighted by atomic mass is 35.5. The summed E-state index contributed by atoms with van der Waals surface area (Å²) < 4.78 is 6.83. The number of hydrogen-bond acceptors (Lipinski definition) is 6. The number of esters is 1. The molecule has 0 radical (unpaired) electrons. The number of ether oxygens (including phenoxy) is 1. The molecule has 0 aliphatic rings. The molecule has 0 atom stereocenters. The van der Waals surface area contributed by atoms with E-state index < -0.39 is 0 Å². The Kier molecular flexibility index (Phi) is 5.99. The van der Waals surface area contributed by atoms with Crippen LogP contribution < -0.4 is 0 Å². The maximum Gasteiger partial charge on any atom is 0.305 e. The molecule has 0 unspecified atom stereocenters. The lowest BCUT2D eigenvalue weighted by Gasteiger charge is -2.06. The van der Waals surface area contributed by atoms with Gasteiger partial charge >= 0.3 is 5.97 Å². The molecule has 0 N–H and O–H groups in total. The van der Waals surface area contributed by atoms with Gasteiger partial charge in [-0.2, -0.15) is 5.10 Å². The van der Waals surface area contributed by atoms with Gasteiger partial charge in [0.2, 0.25) is 0 Å². The zero-order valence-electron chi connectivity index (χ0n) is 16.5. The lowest BCUT2D eigenvalue weighted by molar-refractivity contribution is -0.143. The van der Waals surface area contributed by atoms with E-state index in [1.807, 2.05) is 47.1 Å². The lowest BCUT2D eigenvalue weighted by Crippen LogP contribution is -2.08. The van der Waals surface area contributed by atoms with E-state index in [0.29, 0.717) is 42.7 Å². The van der Waals surface area contributed by atoms with E-state index in [-0.39, 0.29) is 5.97 Å². The Morgan fingerprint density at radius 1 is 1.03 bits per heavy atom. The van der Waals surface area contributed by atoms with Crippen molar-refractivity contribution in [3.05, 3.63) is 59.9 Å². The number of fused-ring (bicyclic) bond motifs is 1. The second-order valence-corrected chi connectivity index (χ2v) is 7.09. The summed E-state index contributed by atoms with van der Waals surface area (Å²) in [5.41, 5.74) is 3.34. The summed E-state index contributed by atoms with van der Waals surface area (Å²) in [5, 5.41) is 5.35. The summed E-state index contributed by atoms with van der Waals surface area (Å²) in [6, 6.07) is 13.2. The molecule has 30 heavy (non-hydrogen) atoms. The van der Waals surface area contributed by atoms with Gasteiger partial charge in [0, 0.05) is 41.5 Å². The minimum atomic E-state index is -0.209. The van der Waals surface area contributed by atoms with Crippen molar-refractivity contribution in [2.75, 3.05) is 6.61 Å². The van der Waals surface area contributed by atoms with Crippen LogP contribution in [-0.2, 0) is 16.1 Å². The molecule has 8 heteroatoms. The van der Waals surface area contributed by atoms with Gasteiger partial charge in [0.25, 0.3) is 0 Å². The van der Waals surface area contributed by atoms with Crippen molar-refractivity contribution in [1.29, 1.82) is 0 Å². The minimum absolute atomic E-state index is 0.209. The number of benzene rings is 2. The molecule has 0 fully saturated rings. The number of hydrogen-bond donors (Lipinski definition) is 0. The standard InChI is InChI=1S/C22H20ClN5O2/c1-2-30-20(29)4-3-13-28-22(15-5-8-17(23)9-6-15)26-21(27-28)16-7-10-18-19(14-16)25-12-11-24-18/h5-12,14H,2-4,13H2,1H3. The van der Waals surface area contributed by atoms with Crippen molar-refractivity contribution in [3.63, 3.8) is 0 Å². The van der Waals surface area contributed by atoms with Gasteiger partial charge in [-0.15, -0.1) is 0 Å². The van der Waals surface area contributed by atoms with Gasteiger partial charge in [-0.05, 0) is 55.8 Å². The smallest absolute Gasteiger partial charge is 0.305 e. The first-order valence-corrected chi connectivity index (χ1v) is 10.1. The highest BCUT2D eigenvalue weighted by molar-refractivity contribution is 6.30. The van der Waals surface area contributed by atoms with Gasteiger partial charge in [-0.1, -0.05) is 11.6 Å². The maximum atomic E-state index is 11.7. The van der Waals surface area contributed by atoms with Gasteiger partial charge in [-0.3, -0.25) is 14.8 Å². The van der Waals surface area contributed by atoms with Gasteiger partial charge in [-0.25, -0.2) is 9.67 Å². The van der Waals surface area contributed by atoms with E-state index >= 15 is 0 Å². The van der Waals surface area contributed by atoms with Gasteiger partial charge in [0.1, 0.15) is 0 Å². The van der Waals surface area contributed by atoms with Crippen molar-refractivity contribution in [3.8, 4) is 22.8 Å². The SMILES string of the molecule is CCOC(=O)CCCn1nc(-c2ccc3nccnc3c2)nc1-c1ccc(Cl)cc1. The number of halogens is 1. The van der Waals surface area contributed by atoms with Crippen molar-refractivity contribution < 1.29 is 9.53 Å². The molecule has 7 nitrogen and oxygen atoms in total. The zero-order chi connectivity index (χ0) is 20.9. The Morgan fingerprint density at radius 3 is 2.53 bits per heavy atom. The minimum Gasteiger partial charge on any atom is -0.466 e. The normalized spacial score (nSPS) is 11.0. The second-order valence-electron chi connectivity index (χ2n) is 6.66. The van der Waals surface area contributed by atoms with E-state index in [2.05, 4.69) is 9.97 Å². The number of rotatable bonds is 7. The fourth-order valence-corrected chi connectivity index (χ4v) is 3.27. The number of aryl methyl sites for hydroxylation is 1. The molecule has 0 saturated heterocycles. The van der Waals surface area contributed by atoms with Crippen molar-refractivity contribution in [1.82, 2.24) is 24.7 Å². The molecule has 4 aromatic rings. The molecule has 0 saturated carbocycles. The van der Waals surface area contributed by atoms with E-state index in [1.165, 1.54) is 0 Å². The van der Waals surface area contributed by atoms with Crippen molar-refractivity contribution in [2.24, 2.45) is 0 Å². The lowest BCUT2D eigenvalue weighted by atomic mass is 10.2. The topological polar surface area (TPSA) is 82.8 Å². The summed E-state index contributed by atoms with van der Waals surface area (Å²) in [6.45, 7) is 2.72. The fraction of sp³-hybridized carbons (Fsp3) is 0.227. The van der Waals surface area contributed by atoms with Gasteiger partial charge in [0.05, 0.1) is 17.6 Å². The number of nitrogens with zero attached hydrogens (tertiary/aromatic N) is 5. The summed E-state index contributed by atoms with van der Waals surface area (Å²) in [6.07, 6.45) is 4.25. The molecule has 152 valence electrons. The van der Waals surface area contributed by atoms with Crippen LogP contribution in [0.25, 0.3) is 33.8 Å². The Morgan fingerprint density at radius 2 is 1.77 bits per heavy atom. The number of aromatic nitrogens is 5. The van der Waals surface area contributed by atoms with E-state index in [0.717, 1.165) is 22.2 Å². The molecule has 4 rings (SSSR count). The summed E-state index contributed by atoms with van der Waals surface area (Å²) in [7, 11) is 0. The molecule has 2 aromatic carbocycles. The molecule has 0 aliphatic carbocycles. The molecular formula is C22H20ClN5O2. The number of carbonyl (C=O) groups is 1. The maximum absolute atomic E-state index is 11.7. The Hall–Kier alpha value is -3.32. The van der Waals surface area contributed by atoms with Crippen LogP contribution in [0.4, 0.5) is 0 Å². The second kappa shape index (κ2) is 9.00. The van der Waals surface area contributed by atoms with Crippen LogP contribution in [0, 0.1) is 0 Å². The zero-order valence-corrected chi connectivity index (χ0v) is 17.2. The fourth-order valence-electron chi connectivity index (χ4n) is 3.14. The van der Waals surface area contributed by atoms with Gasteiger partial charge < -0.3 is 4.74 Å². The van der Waals surface area contributed by atoms with Crippen LogP contribution in [0.1, 0.15) is 19.8 Å². The first-order chi connectivity index (χ1) is 14.6. The van der Waals surface area contributed by atoms with E-state index in [9.17, 15) is 4.79 Å². The summed E-state index contributed by atoms with van der Waals surface area (Å²) >= 11 is 6.04. The summed E-state index contributed by atoms with van der Waals surface area (Å²) in [4.78, 5) is 25.1. The van der Waals surface area contributed by atoms with Crippen molar-refractivity contribution >= 4 is 28.6 Å². The van der Waals surface area contributed by atoms with Crippen LogP contribution in [0.15, 0.2) is 54.9 Å². The van der Waals surface area contributed by atoms with Crippen LogP contribution >= 0.6 is 11.6 Å². The predicted octanol–water partition coefficient (Wildman–Crippen LogP) is 4.55. The van der Waals surface area contributed by atoms with E-state index in [1.54, 1.807) is 19.3 Å². The summed E-state index contributed by atoms with van der Waals surface area (Å²) in [5.74, 6) is 1.09. The largest absolute Gasteiger partial charge is 0.466 e. The molecule has 0 bridgehead atoms. The average molecular weight is 422 g/mol. The first-order valence-electron chi connectivity index (χ1n) is 9.71. The molecule has 0 spiro atoms. The number of carbonyl (C=O) groups excluding carboxylic acids is 1. The highest BCUT2D eigenvalue weighted by Gasteiger charge is 2.15. The molecular weight excluding hydrogens is 402 g/mol. The van der Waals surface area contributed by atoms with Crippen LogP contribution in [-0.4, -0.2) is 37.3 Å². The Balaban J connectivity index is 1.67. The molecule has 0 amide bonds. The highest BCUT2D eigenvalue weighted by Crippen LogP contribution is 2.25. The average Bonchev–Trinajstić information content (AvgIpc) is 3.18. The third-order valence-corrected chi connectivity index (χ3v) is 4.81. The Labute approximate surface area is 178 Å². The third-order valence-electron chi connectivity index (χ3n) is 4.56. The first kappa shape index (κ1) is 20.0. The van der Waals surface area contributed by atoms with E-state index in [4.69, 9.17) is 26.4 Å². The predicted molar refractivity (Wildman–Crippen MR) is 115 cm³/mol. The quantitative estimate of drug-likeness (QED) is 0.407. The molecule has 2 heterocycles. The van der Waals surface area contributed by atoms with Crippen molar-refractivity contribution in [2.45, 2.75) is 26.3 Å². The van der Waals surface area contributed by atoms with Crippen LogP contribution in [0.2, 0.25) is 5.02 Å². The third kappa shape index (κ3) is 4.46. The molecule has 0 aliphatic heterocycles. The van der Waals surface area contributed by atoms with Crippen LogP contribution in [0.5, 0.6) is 0 Å².